The van der Waals surface area contributed by atoms with Gasteiger partial charge in [0.2, 0.25) is 0 Å². The minimum atomic E-state index is -0.208. The number of benzene rings is 1. The minimum absolute atomic E-state index is 0.208. The smallest absolute Gasteiger partial charge is 0.165 e. The summed E-state index contributed by atoms with van der Waals surface area (Å²) in [7, 11) is 0. The molecule has 0 aliphatic heterocycles. The van der Waals surface area contributed by atoms with E-state index in [1.165, 1.54) is 25.0 Å². The predicted molar refractivity (Wildman–Crippen MR) is 82.2 cm³/mol. The molecule has 1 saturated carbocycles. The van der Waals surface area contributed by atoms with Gasteiger partial charge in [-0.15, -0.1) is 0 Å². The van der Waals surface area contributed by atoms with Gasteiger partial charge < -0.3 is 9.88 Å². The summed E-state index contributed by atoms with van der Waals surface area (Å²) in [6.45, 7) is 0.716. The van der Waals surface area contributed by atoms with Crippen LogP contribution in [0.25, 0.3) is 11.2 Å². The lowest BCUT2D eigenvalue weighted by Crippen LogP contribution is -2.07. The first-order valence-electron chi connectivity index (χ1n) is 7.47. The van der Waals surface area contributed by atoms with E-state index in [9.17, 15) is 4.39 Å². The van der Waals surface area contributed by atoms with Crippen molar-refractivity contribution in [3.8, 4) is 0 Å². The number of rotatable bonds is 5. The Bertz CT molecular complexity index is 792. The summed E-state index contributed by atoms with van der Waals surface area (Å²) in [5.41, 5.74) is 2.79. The molecule has 2 aromatic heterocycles. The Morgan fingerprint density at radius 3 is 2.73 bits per heavy atom. The fourth-order valence-electron chi connectivity index (χ4n) is 2.58. The lowest BCUT2D eigenvalue weighted by atomic mass is 10.1. The number of hydrogen-bond donors (Lipinski definition) is 1. The zero-order chi connectivity index (χ0) is 14.9. The summed E-state index contributed by atoms with van der Waals surface area (Å²) in [5.74, 6) is 0.548. The molecule has 1 fully saturated rings. The molecule has 4 rings (SSSR count). The second kappa shape index (κ2) is 5.36. The molecule has 0 bridgehead atoms. The van der Waals surface area contributed by atoms with E-state index in [0.29, 0.717) is 12.6 Å². The van der Waals surface area contributed by atoms with Gasteiger partial charge in [-0.25, -0.2) is 19.3 Å². The van der Waals surface area contributed by atoms with E-state index in [-0.39, 0.29) is 5.82 Å². The maximum Gasteiger partial charge on any atom is 0.165 e. The fraction of sp³-hybridized carbons (Fsp3) is 0.312. The molecule has 3 aromatic rings. The molecular weight excluding hydrogens is 281 g/mol. The van der Waals surface area contributed by atoms with E-state index in [2.05, 4.69) is 24.8 Å². The highest BCUT2D eigenvalue weighted by atomic mass is 19.1. The van der Waals surface area contributed by atoms with Crippen molar-refractivity contribution in [2.24, 2.45) is 0 Å². The van der Waals surface area contributed by atoms with Crippen LogP contribution in [0.15, 0.2) is 36.9 Å². The number of nitrogens with one attached hydrogen (secondary N) is 1. The monoisotopic (exact) mass is 297 g/mol. The summed E-state index contributed by atoms with van der Waals surface area (Å²) in [4.78, 5) is 13.1. The summed E-state index contributed by atoms with van der Waals surface area (Å²) in [6, 6.07) is 7.11. The summed E-state index contributed by atoms with van der Waals surface area (Å²) < 4.78 is 15.0. The molecular formula is C16H16FN5. The highest BCUT2D eigenvalue weighted by Gasteiger charge is 2.26. The number of halogens is 1. The lowest BCUT2D eigenvalue weighted by molar-refractivity contribution is 0.627. The molecule has 0 amide bonds. The van der Waals surface area contributed by atoms with E-state index in [4.69, 9.17) is 0 Å². The number of hydrogen-bond acceptors (Lipinski definition) is 4. The van der Waals surface area contributed by atoms with E-state index in [0.717, 1.165) is 29.0 Å². The van der Waals surface area contributed by atoms with Crippen molar-refractivity contribution in [1.82, 2.24) is 19.5 Å². The van der Waals surface area contributed by atoms with Crippen molar-refractivity contribution in [3.63, 3.8) is 0 Å². The molecule has 1 N–H and O–H groups in total. The van der Waals surface area contributed by atoms with Gasteiger partial charge in [-0.1, -0.05) is 12.1 Å². The Morgan fingerprint density at radius 1 is 1.14 bits per heavy atom. The molecule has 2 heterocycles. The quantitative estimate of drug-likeness (QED) is 0.786. The molecule has 22 heavy (non-hydrogen) atoms. The zero-order valence-electron chi connectivity index (χ0n) is 12.0. The second-order valence-electron chi connectivity index (χ2n) is 5.58. The number of anilines is 1. The van der Waals surface area contributed by atoms with Crippen molar-refractivity contribution in [3.05, 3.63) is 48.3 Å². The SMILES string of the molecule is Fc1ccc(CCNc2ncnc3c2ncn3C2CC2)cc1. The lowest BCUT2D eigenvalue weighted by Gasteiger charge is -2.06. The summed E-state index contributed by atoms with van der Waals surface area (Å²) in [5, 5.41) is 3.30. The Morgan fingerprint density at radius 2 is 1.95 bits per heavy atom. The molecule has 5 nitrogen and oxygen atoms in total. The van der Waals surface area contributed by atoms with Crippen LogP contribution in [0, 0.1) is 5.82 Å². The number of aromatic nitrogens is 4. The molecule has 0 unspecified atom stereocenters. The molecule has 6 heteroatoms. The first-order valence-corrected chi connectivity index (χ1v) is 7.47. The number of fused-ring (bicyclic) bond motifs is 1. The minimum Gasteiger partial charge on any atom is -0.368 e. The fourth-order valence-corrected chi connectivity index (χ4v) is 2.58. The maximum atomic E-state index is 12.9. The van der Waals surface area contributed by atoms with Gasteiger partial charge in [0, 0.05) is 12.6 Å². The largest absolute Gasteiger partial charge is 0.368 e. The van der Waals surface area contributed by atoms with Gasteiger partial charge in [0.05, 0.1) is 6.33 Å². The topological polar surface area (TPSA) is 55.6 Å². The van der Waals surface area contributed by atoms with Crippen molar-refractivity contribution in [1.29, 1.82) is 0 Å². The van der Waals surface area contributed by atoms with Crippen molar-refractivity contribution < 1.29 is 4.39 Å². The molecule has 0 saturated heterocycles. The first-order chi connectivity index (χ1) is 10.8. The van der Waals surface area contributed by atoms with Crippen LogP contribution in [0.2, 0.25) is 0 Å². The molecule has 0 radical (unpaired) electrons. The third-order valence-corrected chi connectivity index (χ3v) is 3.92. The molecule has 1 aliphatic rings. The van der Waals surface area contributed by atoms with Crippen LogP contribution in [0.3, 0.4) is 0 Å². The summed E-state index contributed by atoms with van der Waals surface area (Å²) >= 11 is 0. The third-order valence-electron chi connectivity index (χ3n) is 3.92. The Balaban J connectivity index is 1.48. The highest BCUT2D eigenvalue weighted by molar-refractivity contribution is 5.82. The van der Waals surface area contributed by atoms with Crippen LogP contribution in [-0.4, -0.2) is 26.1 Å². The maximum absolute atomic E-state index is 12.9. The van der Waals surface area contributed by atoms with Crippen molar-refractivity contribution >= 4 is 17.0 Å². The van der Waals surface area contributed by atoms with Gasteiger partial charge in [0.25, 0.3) is 0 Å². The standard InChI is InChI=1S/C16H16FN5/c17-12-3-1-11(2-4-12)7-8-18-15-14-16(20-9-19-15)22(10-21-14)13-5-6-13/h1-4,9-10,13H,5-8H2,(H,18,19,20). The third kappa shape index (κ3) is 2.52. The molecule has 0 atom stereocenters. The summed E-state index contributed by atoms with van der Waals surface area (Å²) in [6.07, 6.45) is 6.62. The van der Waals surface area contributed by atoms with Crippen LogP contribution in [0.4, 0.5) is 10.2 Å². The molecule has 112 valence electrons. The Hall–Kier alpha value is -2.50. The Kier molecular flexibility index (Phi) is 3.21. The van der Waals surface area contributed by atoms with Gasteiger partial charge in [0.15, 0.2) is 11.5 Å². The van der Waals surface area contributed by atoms with Crippen LogP contribution in [-0.2, 0) is 6.42 Å². The normalized spacial score (nSPS) is 14.4. The van der Waals surface area contributed by atoms with E-state index in [1.807, 2.05) is 6.33 Å². The highest BCUT2D eigenvalue weighted by Crippen LogP contribution is 2.37. The van der Waals surface area contributed by atoms with Crippen molar-refractivity contribution in [2.75, 3.05) is 11.9 Å². The predicted octanol–water partition coefficient (Wildman–Crippen LogP) is 2.95. The average Bonchev–Trinajstić information content (AvgIpc) is 3.29. The van der Waals surface area contributed by atoms with E-state index >= 15 is 0 Å². The molecule has 1 aliphatic carbocycles. The molecule has 1 aromatic carbocycles. The van der Waals surface area contributed by atoms with Crippen LogP contribution in [0.5, 0.6) is 0 Å². The first kappa shape index (κ1) is 13.2. The Labute approximate surface area is 127 Å². The molecule has 0 spiro atoms. The van der Waals surface area contributed by atoms with Crippen LogP contribution >= 0.6 is 0 Å². The zero-order valence-corrected chi connectivity index (χ0v) is 12.0. The second-order valence-corrected chi connectivity index (χ2v) is 5.58. The van der Waals surface area contributed by atoms with Gasteiger partial charge in [0.1, 0.15) is 17.7 Å². The van der Waals surface area contributed by atoms with Gasteiger partial charge >= 0.3 is 0 Å². The van der Waals surface area contributed by atoms with Crippen LogP contribution in [0.1, 0.15) is 24.4 Å². The van der Waals surface area contributed by atoms with E-state index < -0.39 is 0 Å². The van der Waals surface area contributed by atoms with E-state index in [1.54, 1.807) is 18.5 Å². The van der Waals surface area contributed by atoms with Gasteiger partial charge in [-0.3, -0.25) is 0 Å². The number of imidazole rings is 1. The average molecular weight is 297 g/mol. The van der Waals surface area contributed by atoms with Crippen molar-refractivity contribution in [2.45, 2.75) is 25.3 Å². The number of nitrogens with zero attached hydrogens (tertiary/aromatic N) is 4. The van der Waals surface area contributed by atoms with Gasteiger partial charge in [-0.2, -0.15) is 0 Å². The van der Waals surface area contributed by atoms with Gasteiger partial charge in [-0.05, 0) is 37.0 Å². The van der Waals surface area contributed by atoms with Crippen LogP contribution < -0.4 is 5.32 Å².